The van der Waals surface area contributed by atoms with Gasteiger partial charge in [-0.1, -0.05) is 38.1 Å². The van der Waals surface area contributed by atoms with Crippen LogP contribution in [0, 0.1) is 0 Å². The molecule has 0 aliphatic heterocycles. The SMILES string of the molecule is CO[P@](=O)(c1ccc(N(C)C)cc1)[C@@H](O)c1ccc(C(C)C)cc1. The maximum absolute atomic E-state index is 13.3. The predicted molar refractivity (Wildman–Crippen MR) is 101 cm³/mol. The van der Waals surface area contributed by atoms with Gasteiger partial charge in [0.1, 0.15) is 0 Å². The Labute approximate surface area is 144 Å². The van der Waals surface area contributed by atoms with Crippen molar-refractivity contribution in [2.45, 2.75) is 25.6 Å². The molecule has 0 spiro atoms. The largest absolute Gasteiger partial charge is 0.378 e. The topological polar surface area (TPSA) is 49.8 Å². The molecule has 0 aromatic heterocycles. The first-order valence-electron chi connectivity index (χ1n) is 8.01. The summed E-state index contributed by atoms with van der Waals surface area (Å²) in [6, 6.07) is 14.8. The number of nitrogens with zero attached hydrogens (tertiary/aromatic N) is 1. The molecule has 1 N–H and O–H groups in total. The Morgan fingerprint density at radius 1 is 0.958 bits per heavy atom. The van der Waals surface area contributed by atoms with Gasteiger partial charge in [0.25, 0.3) is 7.37 Å². The van der Waals surface area contributed by atoms with Gasteiger partial charge in [-0.2, -0.15) is 0 Å². The lowest BCUT2D eigenvalue weighted by Gasteiger charge is -2.23. The number of aliphatic hydroxyl groups is 1. The molecule has 0 heterocycles. The first kappa shape index (κ1) is 18.7. The van der Waals surface area contributed by atoms with Gasteiger partial charge in [0, 0.05) is 32.2 Å². The normalized spacial score (nSPS) is 15.1. The predicted octanol–water partition coefficient (Wildman–Crippen LogP) is 4.12. The Kier molecular flexibility index (Phi) is 5.87. The Morgan fingerprint density at radius 3 is 1.88 bits per heavy atom. The molecule has 0 saturated heterocycles. The molecule has 2 aromatic rings. The van der Waals surface area contributed by atoms with E-state index in [1.54, 1.807) is 12.1 Å². The molecule has 0 fully saturated rings. The quantitative estimate of drug-likeness (QED) is 0.799. The van der Waals surface area contributed by atoms with Crippen molar-refractivity contribution in [3.63, 3.8) is 0 Å². The molecule has 0 radical (unpaired) electrons. The van der Waals surface area contributed by atoms with E-state index in [0.717, 1.165) is 5.69 Å². The van der Waals surface area contributed by atoms with Gasteiger partial charge in [-0.05, 0) is 41.3 Å². The van der Waals surface area contributed by atoms with Crippen LogP contribution in [0.2, 0.25) is 0 Å². The first-order chi connectivity index (χ1) is 11.3. The van der Waals surface area contributed by atoms with Crippen molar-refractivity contribution < 1.29 is 14.2 Å². The molecule has 0 bridgehead atoms. The van der Waals surface area contributed by atoms with Crippen LogP contribution >= 0.6 is 7.37 Å². The minimum absolute atomic E-state index is 0.406. The minimum Gasteiger partial charge on any atom is -0.378 e. The third-order valence-corrected chi connectivity index (χ3v) is 6.72. The van der Waals surface area contributed by atoms with Crippen LogP contribution in [-0.2, 0) is 9.09 Å². The number of hydrogen-bond donors (Lipinski definition) is 1. The maximum Gasteiger partial charge on any atom is 0.263 e. The highest BCUT2D eigenvalue weighted by Gasteiger charge is 2.35. The lowest BCUT2D eigenvalue weighted by molar-refractivity contribution is 0.229. The van der Waals surface area contributed by atoms with E-state index in [1.165, 1.54) is 12.7 Å². The van der Waals surface area contributed by atoms with Gasteiger partial charge < -0.3 is 14.5 Å². The van der Waals surface area contributed by atoms with Crippen molar-refractivity contribution in [1.82, 2.24) is 0 Å². The number of aliphatic hydroxyl groups excluding tert-OH is 1. The molecule has 5 heteroatoms. The molecule has 0 amide bonds. The van der Waals surface area contributed by atoms with Crippen molar-refractivity contribution in [2.75, 3.05) is 26.1 Å². The summed E-state index contributed by atoms with van der Waals surface area (Å²) in [6.45, 7) is 4.22. The molecule has 0 unspecified atom stereocenters. The Morgan fingerprint density at radius 2 is 1.46 bits per heavy atom. The van der Waals surface area contributed by atoms with E-state index in [4.69, 9.17) is 4.52 Å². The van der Waals surface area contributed by atoms with E-state index in [-0.39, 0.29) is 0 Å². The molecule has 0 saturated carbocycles. The zero-order chi connectivity index (χ0) is 17.9. The fourth-order valence-corrected chi connectivity index (χ4v) is 4.38. The van der Waals surface area contributed by atoms with Gasteiger partial charge in [0.2, 0.25) is 0 Å². The van der Waals surface area contributed by atoms with Gasteiger partial charge in [-0.15, -0.1) is 0 Å². The fraction of sp³-hybridized carbons (Fsp3) is 0.368. The molecule has 24 heavy (non-hydrogen) atoms. The highest BCUT2D eigenvalue weighted by Crippen LogP contribution is 2.57. The standard InChI is InChI=1S/C19H26NO3P/c1-14(2)15-6-8-16(9-7-15)19(21)24(22,23-5)18-12-10-17(11-13-18)20(3)4/h6-14,19,21H,1-5H3/t19-,24-/m1/s1. The lowest BCUT2D eigenvalue weighted by atomic mass is 10.0. The van der Waals surface area contributed by atoms with Crippen LogP contribution in [0.4, 0.5) is 5.69 Å². The van der Waals surface area contributed by atoms with E-state index in [1.807, 2.05) is 55.4 Å². The Balaban J connectivity index is 2.35. The second-order valence-corrected chi connectivity index (χ2v) is 8.95. The van der Waals surface area contributed by atoms with E-state index >= 15 is 0 Å². The summed E-state index contributed by atoms with van der Waals surface area (Å²) in [5.41, 5.74) is 2.77. The zero-order valence-electron chi connectivity index (χ0n) is 14.9. The minimum atomic E-state index is -3.42. The summed E-state index contributed by atoms with van der Waals surface area (Å²) in [4.78, 5) is 1.96. The van der Waals surface area contributed by atoms with Crippen LogP contribution in [0.5, 0.6) is 0 Å². The monoisotopic (exact) mass is 347 g/mol. The molecular formula is C19H26NO3P. The summed E-state index contributed by atoms with van der Waals surface area (Å²) in [5.74, 6) is -0.780. The first-order valence-corrected chi connectivity index (χ1v) is 9.70. The molecule has 0 aliphatic rings. The van der Waals surface area contributed by atoms with Gasteiger partial charge in [-0.25, -0.2) is 0 Å². The third-order valence-electron chi connectivity index (χ3n) is 4.22. The van der Waals surface area contributed by atoms with Crippen molar-refractivity contribution in [3.05, 3.63) is 59.7 Å². The van der Waals surface area contributed by atoms with Gasteiger partial charge in [0.15, 0.2) is 5.85 Å². The summed E-state index contributed by atoms with van der Waals surface area (Å²) in [5, 5.41) is 11.2. The van der Waals surface area contributed by atoms with Crippen molar-refractivity contribution in [1.29, 1.82) is 0 Å². The van der Waals surface area contributed by atoms with Gasteiger partial charge in [0.05, 0.1) is 0 Å². The fourth-order valence-electron chi connectivity index (χ4n) is 2.55. The van der Waals surface area contributed by atoms with Gasteiger partial charge in [-0.3, -0.25) is 4.57 Å². The molecule has 2 aromatic carbocycles. The summed E-state index contributed by atoms with van der Waals surface area (Å²) < 4.78 is 18.6. The van der Waals surface area contributed by atoms with Crippen LogP contribution < -0.4 is 10.2 Å². The Bertz CT molecular complexity index is 708. The van der Waals surface area contributed by atoms with Crippen LogP contribution in [-0.4, -0.2) is 26.3 Å². The second kappa shape index (κ2) is 7.52. The summed E-state index contributed by atoms with van der Waals surface area (Å²) in [7, 11) is 1.84. The number of hydrogen-bond acceptors (Lipinski definition) is 4. The maximum atomic E-state index is 13.3. The van der Waals surface area contributed by atoms with E-state index in [2.05, 4.69) is 13.8 Å². The third kappa shape index (κ3) is 3.72. The van der Waals surface area contributed by atoms with E-state index in [0.29, 0.717) is 16.8 Å². The zero-order valence-corrected chi connectivity index (χ0v) is 15.8. The van der Waals surface area contributed by atoms with Crippen LogP contribution in [0.3, 0.4) is 0 Å². The molecule has 130 valence electrons. The molecular weight excluding hydrogens is 321 g/mol. The molecule has 2 atom stereocenters. The second-order valence-electron chi connectivity index (χ2n) is 6.39. The van der Waals surface area contributed by atoms with Gasteiger partial charge >= 0.3 is 0 Å². The van der Waals surface area contributed by atoms with Crippen LogP contribution in [0.15, 0.2) is 48.5 Å². The number of anilines is 1. The molecule has 4 nitrogen and oxygen atoms in total. The van der Waals surface area contributed by atoms with E-state index < -0.39 is 13.2 Å². The average Bonchev–Trinajstić information content (AvgIpc) is 2.60. The smallest absolute Gasteiger partial charge is 0.263 e. The summed E-state index contributed by atoms with van der Waals surface area (Å²) >= 11 is 0. The molecule has 2 rings (SSSR count). The molecule has 0 aliphatic carbocycles. The average molecular weight is 347 g/mol. The van der Waals surface area contributed by atoms with Crippen LogP contribution in [0.25, 0.3) is 0 Å². The summed E-state index contributed by atoms with van der Waals surface area (Å²) in [6.07, 6.45) is 0. The number of rotatable bonds is 6. The van der Waals surface area contributed by atoms with E-state index in [9.17, 15) is 9.67 Å². The van der Waals surface area contributed by atoms with Crippen molar-refractivity contribution in [3.8, 4) is 0 Å². The van der Waals surface area contributed by atoms with Crippen molar-refractivity contribution in [2.24, 2.45) is 0 Å². The Hall–Kier alpha value is -1.61. The number of benzene rings is 2. The highest BCUT2D eigenvalue weighted by atomic mass is 31.2. The highest BCUT2D eigenvalue weighted by molar-refractivity contribution is 7.67. The van der Waals surface area contributed by atoms with Crippen LogP contribution in [0.1, 0.15) is 36.7 Å². The van der Waals surface area contributed by atoms with Crippen molar-refractivity contribution >= 4 is 18.4 Å². The lowest BCUT2D eigenvalue weighted by Crippen LogP contribution is -2.15.